The summed E-state index contributed by atoms with van der Waals surface area (Å²) in [6.45, 7) is 4.39. The summed E-state index contributed by atoms with van der Waals surface area (Å²) in [4.78, 5) is 4.30. The molecule has 0 aromatic carbocycles. The van der Waals surface area contributed by atoms with Crippen LogP contribution in [0.2, 0.25) is 0 Å². The van der Waals surface area contributed by atoms with E-state index < -0.39 is 0 Å². The smallest absolute Gasteiger partial charge is 0.157 e. The van der Waals surface area contributed by atoms with E-state index in [1.807, 2.05) is 4.52 Å². The number of nitrogens with zero attached hydrogens (tertiary/aromatic N) is 3. The Morgan fingerprint density at radius 2 is 2.10 bits per heavy atom. The number of fused-ring (bicyclic) bond motifs is 1. The Bertz CT molecular complexity index is 569. The zero-order valence-electron chi connectivity index (χ0n) is 12.5. The minimum Gasteiger partial charge on any atom is -0.367 e. The summed E-state index contributed by atoms with van der Waals surface area (Å²) in [5, 5.41) is 8.06. The first-order chi connectivity index (χ1) is 9.78. The van der Waals surface area contributed by atoms with Gasteiger partial charge in [0.25, 0.3) is 0 Å². The van der Waals surface area contributed by atoms with Crippen molar-refractivity contribution in [2.75, 3.05) is 5.32 Å². The van der Waals surface area contributed by atoms with Gasteiger partial charge in [0.15, 0.2) is 5.65 Å². The lowest BCUT2D eigenvalue weighted by molar-refractivity contribution is 0.312. The summed E-state index contributed by atoms with van der Waals surface area (Å²) < 4.78 is 1.92. The third-order valence-corrected chi connectivity index (χ3v) is 4.52. The minimum absolute atomic E-state index is 0.546. The predicted molar refractivity (Wildman–Crippen MR) is 82.0 cm³/mol. The van der Waals surface area contributed by atoms with Crippen molar-refractivity contribution >= 4 is 11.5 Å². The van der Waals surface area contributed by atoms with Gasteiger partial charge in [-0.25, -0.2) is 4.98 Å². The number of hydrogen-bond donors (Lipinski definition) is 1. The highest BCUT2D eigenvalue weighted by atomic mass is 15.3. The molecule has 1 saturated carbocycles. The van der Waals surface area contributed by atoms with E-state index in [9.17, 15) is 0 Å². The molecule has 1 fully saturated rings. The van der Waals surface area contributed by atoms with Crippen LogP contribution in [-0.4, -0.2) is 20.6 Å². The number of hydrogen-bond acceptors (Lipinski definition) is 3. The summed E-state index contributed by atoms with van der Waals surface area (Å²) >= 11 is 0. The molecule has 20 heavy (non-hydrogen) atoms. The predicted octanol–water partition coefficient (Wildman–Crippen LogP) is 3.81. The third kappa shape index (κ3) is 2.65. The van der Waals surface area contributed by atoms with Gasteiger partial charge in [-0.1, -0.05) is 26.2 Å². The summed E-state index contributed by atoms with van der Waals surface area (Å²) in [5.41, 5.74) is 2.15. The Balaban J connectivity index is 1.84. The topological polar surface area (TPSA) is 42.2 Å². The van der Waals surface area contributed by atoms with Gasteiger partial charge >= 0.3 is 0 Å². The highest BCUT2D eigenvalue weighted by Crippen LogP contribution is 2.29. The summed E-state index contributed by atoms with van der Waals surface area (Å²) in [6, 6.07) is 4.79. The van der Waals surface area contributed by atoms with Crippen LogP contribution in [0.1, 0.15) is 51.0 Å². The fraction of sp³-hybridized carbons (Fsp3) is 0.625. The van der Waals surface area contributed by atoms with Crippen LogP contribution in [0.25, 0.3) is 5.65 Å². The van der Waals surface area contributed by atoms with Crippen LogP contribution >= 0.6 is 0 Å². The Kier molecular flexibility index (Phi) is 3.90. The second-order valence-electron chi connectivity index (χ2n) is 6.01. The molecule has 2 aromatic rings. The highest BCUT2D eigenvalue weighted by Gasteiger charge is 2.22. The number of aromatic nitrogens is 3. The molecule has 1 aliphatic rings. The third-order valence-electron chi connectivity index (χ3n) is 4.52. The molecule has 0 spiro atoms. The van der Waals surface area contributed by atoms with Crippen molar-refractivity contribution < 1.29 is 0 Å². The van der Waals surface area contributed by atoms with Crippen LogP contribution in [0.3, 0.4) is 0 Å². The monoisotopic (exact) mass is 272 g/mol. The van der Waals surface area contributed by atoms with E-state index in [4.69, 9.17) is 0 Å². The van der Waals surface area contributed by atoms with Crippen molar-refractivity contribution in [2.24, 2.45) is 5.92 Å². The van der Waals surface area contributed by atoms with E-state index >= 15 is 0 Å². The zero-order valence-corrected chi connectivity index (χ0v) is 12.5. The fourth-order valence-electron chi connectivity index (χ4n) is 3.44. The number of nitrogens with one attached hydrogen (secondary N) is 1. The standard InChI is InChI=1S/C16H24N4/c1-3-14(13-7-5-4-6-8-13)19-16-10-12(2)9-15-17-11-18-20(15)16/h9-11,13-14,19H,3-8H2,1-2H3. The van der Waals surface area contributed by atoms with Crippen molar-refractivity contribution in [1.82, 2.24) is 14.6 Å². The first-order valence-electron chi connectivity index (χ1n) is 7.85. The molecule has 108 valence electrons. The number of aryl methyl sites for hydroxylation is 1. The van der Waals surface area contributed by atoms with E-state index in [0.717, 1.165) is 23.8 Å². The van der Waals surface area contributed by atoms with Crippen LogP contribution in [-0.2, 0) is 0 Å². The SMILES string of the molecule is CCC(Nc1cc(C)cc2ncnn12)C1CCCCC1. The second-order valence-corrected chi connectivity index (χ2v) is 6.01. The maximum Gasteiger partial charge on any atom is 0.157 e. The Hall–Kier alpha value is -1.58. The molecule has 1 aliphatic carbocycles. The van der Waals surface area contributed by atoms with Gasteiger partial charge in [-0.15, -0.1) is 0 Å². The molecule has 3 rings (SSSR count). The van der Waals surface area contributed by atoms with Gasteiger partial charge in [-0.3, -0.25) is 0 Å². The molecule has 0 amide bonds. The number of pyridine rings is 1. The van der Waals surface area contributed by atoms with Gasteiger partial charge in [0, 0.05) is 6.04 Å². The molecule has 4 heteroatoms. The van der Waals surface area contributed by atoms with Crippen molar-refractivity contribution in [3.8, 4) is 0 Å². The van der Waals surface area contributed by atoms with Gasteiger partial charge in [0.2, 0.25) is 0 Å². The van der Waals surface area contributed by atoms with Crippen LogP contribution in [0, 0.1) is 12.8 Å². The Labute approximate surface area is 120 Å². The molecule has 4 nitrogen and oxygen atoms in total. The summed E-state index contributed by atoms with van der Waals surface area (Å²) in [5.74, 6) is 1.88. The van der Waals surface area contributed by atoms with Crippen molar-refractivity contribution in [1.29, 1.82) is 0 Å². The molecule has 1 N–H and O–H groups in total. The molecule has 1 unspecified atom stereocenters. The van der Waals surface area contributed by atoms with Crippen LogP contribution < -0.4 is 5.32 Å². The first-order valence-corrected chi connectivity index (χ1v) is 7.85. The lowest BCUT2D eigenvalue weighted by Crippen LogP contribution is -2.31. The molecule has 2 heterocycles. The quantitative estimate of drug-likeness (QED) is 0.920. The van der Waals surface area contributed by atoms with E-state index in [0.29, 0.717) is 6.04 Å². The van der Waals surface area contributed by atoms with E-state index in [1.165, 1.54) is 37.7 Å². The lowest BCUT2D eigenvalue weighted by atomic mass is 9.83. The average molecular weight is 272 g/mol. The Morgan fingerprint density at radius 1 is 1.30 bits per heavy atom. The first kappa shape index (κ1) is 13.4. The van der Waals surface area contributed by atoms with Crippen molar-refractivity contribution in [3.05, 3.63) is 24.0 Å². The van der Waals surface area contributed by atoms with Gasteiger partial charge in [-0.05, 0) is 49.8 Å². The normalized spacial score (nSPS) is 18.3. The molecule has 0 aliphatic heterocycles. The van der Waals surface area contributed by atoms with E-state index in [2.05, 4.69) is 41.4 Å². The van der Waals surface area contributed by atoms with Crippen molar-refractivity contribution in [2.45, 2.75) is 58.4 Å². The number of rotatable bonds is 4. The largest absolute Gasteiger partial charge is 0.367 e. The van der Waals surface area contributed by atoms with E-state index in [1.54, 1.807) is 6.33 Å². The highest BCUT2D eigenvalue weighted by molar-refractivity contribution is 5.51. The maximum atomic E-state index is 4.34. The van der Waals surface area contributed by atoms with Gasteiger partial charge in [-0.2, -0.15) is 9.61 Å². The molecular formula is C16H24N4. The average Bonchev–Trinajstić information content (AvgIpc) is 2.93. The fourth-order valence-corrected chi connectivity index (χ4v) is 3.44. The zero-order chi connectivity index (χ0) is 13.9. The van der Waals surface area contributed by atoms with Crippen molar-refractivity contribution in [3.63, 3.8) is 0 Å². The summed E-state index contributed by atoms with van der Waals surface area (Å²) in [6.07, 6.45) is 9.68. The summed E-state index contributed by atoms with van der Waals surface area (Å²) in [7, 11) is 0. The van der Waals surface area contributed by atoms with E-state index in [-0.39, 0.29) is 0 Å². The van der Waals surface area contributed by atoms with Gasteiger partial charge in [0.1, 0.15) is 12.1 Å². The molecule has 2 aromatic heterocycles. The second kappa shape index (κ2) is 5.81. The van der Waals surface area contributed by atoms with Crippen LogP contribution in [0.4, 0.5) is 5.82 Å². The maximum absolute atomic E-state index is 4.34. The van der Waals surface area contributed by atoms with Crippen LogP contribution in [0.5, 0.6) is 0 Å². The Morgan fingerprint density at radius 3 is 2.85 bits per heavy atom. The molecule has 0 radical (unpaired) electrons. The van der Waals surface area contributed by atoms with Gasteiger partial charge < -0.3 is 5.32 Å². The molecular weight excluding hydrogens is 248 g/mol. The van der Waals surface area contributed by atoms with Gasteiger partial charge in [0.05, 0.1) is 0 Å². The molecule has 0 saturated heterocycles. The van der Waals surface area contributed by atoms with Crippen LogP contribution in [0.15, 0.2) is 18.5 Å². The minimum atomic E-state index is 0.546. The lowest BCUT2D eigenvalue weighted by Gasteiger charge is -2.31. The molecule has 0 bridgehead atoms. The molecule has 1 atom stereocenters. The number of anilines is 1.